The maximum Gasteiger partial charge on any atom is 0.192 e. The number of hydrogen-bond acceptors (Lipinski definition) is 5. The average Bonchev–Trinajstić information content (AvgIpc) is 2.84. The largest absolute Gasteiger partial charge is 0.452 e. The van der Waals surface area contributed by atoms with Crippen molar-refractivity contribution in [3.05, 3.63) is 22.6 Å². The Kier molecular flexibility index (Phi) is 3.44. The zero-order valence-corrected chi connectivity index (χ0v) is 11.5. The summed E-state index contributed by atoms with van der Waals surface area (Å²) in [6, 6.07) is 3.82. The monoisotopic (exact) mass is 301 g/mol. The normalized spacial score (nSPS) is 24.2. The topological polar surface area (TPSA) is 64.0 Å². The van der Waals surface area contributed by atoms with Crippen LogP contribution < -0.4 is 5.73 Å². The van der Waals surface area contributed by atoms with Gasteiger partial charge in [-0.15, -0.1) is 0 Å². The predicted molar refractivity (Wildman–Crippen MR) is 68.8 cm³/mol. The lowest BCUT2D eigenvalue weighted by Gasteiger charge is -2.34. The fourth-order valence-corrected chi connectivity index (χ4v) is 2.32. The molecule has 1 aliphatic heterocycles. The van der Waals surface area contributed by atoms with Gasteiger partial charge in [0.2, 0.25) is 0 Å². The van der Waals surface area contributed by atoms with Crippen molar-refractivity contribution in [2.75, 3.05) is 26.8 Å². The molecule has 0 aromatic carbocycles. The summed E-state index contributed by atoms with van der Waals surface area (Å²) >= 11 is 3.31. The van der Waals surface area contributed by atoms with Crippen molar-refractivity contribution in [3.63, 3.8) is 0 Å². The molecule has 1 atom stereocenters. The van der Waals surface area contributed by atoms with E-state index in [0.29, 0.717) is 30.3 Å². The molecular weight excluding hydrogens is 286 g/mol. The van der Waals surface area contributed by atoms with Gasteiger partial charge in [-0.1, -0.05) is 0 Å². The Morgan fingerprint density at radius 2 is 2.41 bits per heavy atom. The molecule has 94 valence electrons. The van der Waals surface area contributed by atoms with Crippen LogP contribution in [0.2, 0.25) is 0 Å². The van der Waals surface area contributed by atoms with Gasteiger partial charge in [0, 0.05) is 13.7 Å². The van der Waals surface area contributed by atoms with E-state index in [0.717, 1.165) is 5.76 Å². The highest BCUT2D eigenvalue weighted by Gasteiger charge is 2.41. The first-order chi connectivity index (χ1) is 8.08. The van der Waals surface area contributed by atoms with Crippen molar-refractivity contribution in [2.45, 2.75) is 12.5 Å². The summed E-state index contributed by atoms with van der Waals surface area (Å²) < 4.78 is 11.4. The number of nitrogens with two attached hydrogens (primary N) is 1. The number of halogens is 1. The Balaban J connectivity index is 2.24. The van der Waals surface area contributed by atoms with Crippen molar-refractivity contribution in [1.29, 1.82) is 0 Å². The Labute approximate surface area is 109 Å². The predicted octanol–water partition coefficient (Wildman–Crippen LogP) is 1.53. The second kappa shape index (κ2) is 4.70. The molecule has 0 saturated heterocycles. The van der Waals surface area contributed by atoms with E-state index in [2.05, 4.69) is 27.8 Å². The van der Waals surface area contributed by atoms with Gasteiger partial charge in [0.05, 0.1) is 13.2 Å². The van der Waals surface area contributed by atoms with E-state index in [1.165, 1.54) is 0 Å². The third-order valence-electron chi connectivity index (χ3n) is 3.04. The molecule has 0 amide bonds. The van der Waals surface area contributed by atoms with Crippen LogP contribution >= 0.6 is 15.9 Å². The van der Waals surface area contributed by atoms with Gasteiger partial charge in [-0.25, -0.2) is 0 Å². The van der Waals surface area contributed by atoms with Crippen LogP contribution in [0.15, 0.2) is 26.2 Å². The second-order valence-corrected chi connectivity index (χ2v) is 4.98. The van der Waals surface area contributed by atoms with E-state index in [-0.39, 0.29) is 5.54 Å². The lowest BCUT2D eigenvalue weighted by molar-refractivity contribution is 0.123. The molecule has 0 fully saturated rings. The number of rotatable bonds is 4. The van der Waals surface area contributed by atoms with Crippen molar-refractivity contribution >= 4 is 21.9 Å². The summed E-state index contributed by atoms with van der Waals surface area (Å²) in [5.41, 5.74) is 5.58. The molecule has 0 spiro atoms. The lowest BCUT2D eigenvalue weighted by Crippen LogP contribution is -2.48. The number of furan rings is 1. The molecule has 5 nitrogen and oxygen atoms in total. The Morgan fingerprint density at radius 1 is 1.65 bits per heavy atom. The Morgan fingerprint density at radius 3 is 3.00 bits per heavy atom. The van der Waals surface area contributed by atoms with Gasteiger partial charge in [-0.05, 0) is 35.0 Å². The van der Waals surface area contributed by atoms with E-state index in [4.69, 9.17) is 14.9 Å². The number of ether oxygens (including phenoxy) is 1. The first-order valence-electron chi connectivity index (χ1n) is 5.40. The number of hydrogen-bond donors (Lipinski definition) is 1. The molecule has 1 aromatic rings. The van der Waals surface area contributed by atoms with Crippen molar-refractivity contribution in [3.8, 4) is 0 Å². The number of nitrogens with zero attached hydrogens (tertiary/aromatic N) is 2. The highest BCUT2D eigenvalue weighted by atomic mass is 79.9. The number of aliphatic imine (C=N–C) groups is 1. The Bertz CT molecular complexity index is 432. The fourth-order valence-electron chi connectivity index (χ4n) is 2.02. The molecule has 2 N–H and O–H groups in total. The van der Waals surface area contributed by atoms with Crippen LogP contribution in [-0.2, 0) is 10.3 Å². The van der Waals surface area contributed by atoms with E-state index < -0.39 is 0 Å². The van der Waals surface area contributed by atoms with Gasteiger partial charge in [-0.3, -0.25) is 4.99 Å². The third-order valence-corrected chi connectivity index (χ3v) is 3.47. The standard InChI is InChI=1S/C11H16BrN3O2/c1-11(8-3-4-9(12)17-8)7-14-10(13)15(11)5-6-16-2/h3-4H,5-7H2,1-2H3,(H2,13,14). The van der Waals surface area contributed by atoms with Gasteiger partial charge < -0.3 is 19.8 Å². The van der Waals surface area contributed by atoms with Gasteiger partial charge in [0.15, 0.2) is 10.6 Å². The minimum atomic E-state index is -0.325. The van der Waals surface area contributed by atoms with Crippen molar-refractivity contribution in [1.82, 2.24) is 4.90 Å². The van der Waals surface area contributed by atoms with E-state index in [9.17, 15) is 0 Å². The van der Waals surface area contributed by atoms with Crippen LogP contribution in [0, 0.1) is 0 Å². The summed E-state index contributed by atoms with van der Waals surface area (Å²) in [4.78, 5) is 6.31. The number of guanidine groups is 1. The summed E-state index contributed by atoms with van der Waals surface area (Å²) in [6.07, 6.45) is 0. The maximum absolute atomic E-state index is 5.91. The molecular formula is C11H16BrN3O2. The molecule has 1 aromatic heterocycles. The first-order valence-corrected chi connectivity index (χ1v) is 6.19. The zero-order chi connectivity index (χ0) is 12.5. The summed E-state index contributed by atoms with van der Waals surface area (Å²) in [6.45, 7) is 3.97. The van der Waals surface area contributed by atoms with E-state index in [1.807, 2.05) is 17.0 Å². The van der Waals surface area contributed by atoms with Gasteiger partial charge in [-0.2, -0.15) is 0 Å². The quantitative estimate of drug-likeness (QED) is 0.916. The first kappa shape index (κ1) is 12.4. The smallest absolute Gasteiger partial charge is 0.192 e. The molecule has 2 rings (SSSR count). The Hall–Kier alpha value is -1.01. The molecule has 0 saturated carbocycles. The van der Waals surface area contributed by atoms with Crippen LogP contribution in [0.3, 0.4) is 0 Å². The molecule has 0 aliphatic carbocycles. The van der Waals surface area contributed by atoms with Crippen LogP contribution in [0.5, 0.6) is 0 Å². The minimum Gasteiger partial charge on any atom is -0.452 e. The highest BCUT2D eigenvalue weighted by molar-refractivity contribution is 9.10. The van der Waals surface area contributed by atoms with E-state index >= 15 is 0 Å². The van der Waals surface area contributed by atoms with E-state index in [1.54, 1.807) is 7.11 Å². The molecule has 1 unspecified atom stereocenters. The van der Waals surface area contributed by atoms with Gasteiger partial charge in [0.1, 0.15) is 11.3 Å². The summed E-state index contributed by atoms with van der Waals surface area (Å²) in [7, 11) is 1.67. The second-order valence-electron chi connectivity index (χ2n) is 4.20. The average molecular weight is 302 g/mol. The molecule has 17 heavy (non-hydrogen) atoms. The van der Waals surface area contributed by atoms with Crippen molar-refractivity contribution in [2.24, 2.45) is 10.7 Å². The van der Waals surface area contributed by atoms with Crippen LogP contribution in [0.4, 0.5) is 0 Å². The lowest BCUT2D eigenvalue weighted by atomic mass is 9.98. The molecule has 1 aliphatic rings. The summed E-state index contributed by atoms with van der Waals surface area (Å²) in [5, 5.41) is 0. The SMILES string of the molecule is COCCN1C(N)=NCC1(C)c1ccc(Br)o1. The zero-order valence-electron chi connectivity index (χ0n) is 9.94. The van der Waals surface area contributed by atoms with Crippen LogP contribution in [-0.4, -0.2) is 37.7 Å². The van der Waals surface area contributed by atoms with Gasteiger partial charge >= 0.3 is 0 Å². The van der Waals surface area contributed by atoms with Crippen LogP contribution in [0.25, 0.3) is 0 Å². The summed E-state index contributed by atoms with van der Waals surface area (Å²) in [5.74, 6) is 1.39. The van der Waals surface area contributed by atoms with Crippen molar-refractivity contribution < 1.29 is 9.15 Å². The molecule has 0 bridgehead atoms. The highest BCUT2D eigenvalue weighted by Crippen LogP contribution is 2.34. The third kappa shape index (κ3) is 2.19. The maximum atomic E-state index is 5.91. The van der Waals surface area contributed by atoms with Gasteiger partial charge in [0.25, 0.3) is 0 Å². The molecule has 0 radical (unpaired) electrons. The molecule has 6 heteroatoms. The van der Waals surface area contributed by atoms with Crippen LogP contribution in [0.1, 0.15) is 12.7 Å². The minimum absolute atomic E-state index is 0.325. The number of methoxy groups -OCH3 is 1. The molecule has 2 heterocycles. The fraction of sp³-hybridized carbons (Fsp3) is 0.545.